The zero-order chi connectivity index (χ0) is 15.2. The molecule has 108 valence electrons. The van der Waals surface area contributed by atoms with Crippen molar-refractivity contribution < 1.29 is 4.92 Å². The Labute approximate surface area is 130 Å². The van der Waals surface area contributed by atoms with Gasteiger partial charge in [0.2, 0.25) is 0 Å². The normalized spacial score (nSPS) is 9.81. The zero-order valence-electron chi connectivity index (χ0n) is 10.5. The number of imidazole rings is 1. The van der Waals surface area contributed by atoms with Crippen LogP contribution in [0.2, 0.25) is 0 Å². The van der Waals surface area contributed by atoms with E-state index in [-0.39, 0.29) is 5.69 Å². The summed E-state index contributed by atoms with van der Waals surface area (Å²) < 4.78 is 2.85. The molecule has 2 heterocycles. The maximum Gasteiger partial charge on any atom is 0.270 e. The first-order valence-corrected chi connectivity index (χ1v) is 6.40. The number of hydrogen-bond donors (Lipinski definition) is 2. The molecule has 3 aromatic rings. The first kappa shape index (κ1) is 15.1. The van der Waals surface area contributed by atoms with Crippen LogP contribution in [-0.2, 0) is 0 Å². The highest BCUT2D eigenvalue weighted by Crippen LogP contribution is 2.22. The predicted molar refractivity (Wildman–Crippen MR) is 83.1 cm³/mol. The maximum atomic E-state index is 10.6. The highest BCUT2D eigenvalue weighted by Gasteiger charge is 2.09. The second-order valence-electron chi connectivity index (χ2n) is 3.76. The minimum atomic E-state index is -0.448. The zero-order valence-corrected chi connectivity index (χ0v) is 12.3. The van der Waals surface area contributed by atoms with E-state index >= 15 is 0 Å². The molecular weight excluding hydrogens is 312 g/mol. The Kier molecular flexibility index (Phi) is 4.95. The van der Waals surface area contributed by atoms with Crippen LogP contribution < -0.4 is 0 Å². The van der Waals surface area contributed by atoms with Crippen LogP contribution in [-0.4, -0.2) is 28.3 Å². The summed E-state index contributed by atoms with van der Waals surface area (Å²) in [5.41, 5.74) is 1.30. The lowest BCUT2D eigenvalue weighted by Gasteiger charge is -1.98. The number of thiol groups is 2. The van der Waals surface area contributed by atoms with Gasteiger partial charge < -0.3 is 0 Å². The largest absolute Gasteiger partial charge is 0.283 e. The molecule has 21 heavy (non-hydrogen) atoms. The average molecular weight is 322 g/mol. The molecule has 0 atom stereocenters. The summed E-state index contributed by atoms with van der Waals surface area (Å²) >= 11 is 7.91. The predicted octanol–water partition coefficient (Wildman–Crippen LogP) is 2.12. The lowest BCUT2D eigenvalue weighted by atomic mass is 10.1. The third-order valence-electron chi connectivity index (χ3n) is 2.38. The van der Waals surface area contributed by atoms with Crippen LogP contribution in [0.4, 0.5) is 5.69 Å². The Balaban J connectivity index is 0.000000225. The van der Waals surface area contributed by atoms with E-state index < -0.39 is 4.92 Å². The number of benzene rings is 1. The second kappa shape index (κ2) is 6.90. The molecule has 0 amide bonds. The topological polar surface area (TPSA) is 91.7 Å². The van der Waals surface area contributed by atoms with Crippen LogP contribution in [0.15, 0.2) is 49.2 Å². The fraction of sp³-hybridized carbons (Fsp3) is 0. The molecule has 0 aliphatic rings. The van der Waals surface area contributed by atoms with Crippen molar-refractivity contribution in [2.75, 3.05) is 0 Å². The van der Waals surface area contributed by atoms with Gasteiger partial charge in [-0.3, -0.25) is 14.1 Å². The van der Waals surface area contributed by atoms with E-state index in [2.05, 4.69) is 40.9 Å². The van der Waals surface area contributed by atoms with Gasteiger partial charge in [0.15, 0.2) is 0 Å². The van der Waals surface area contributed by atoms with Crippen molar-refractivity contribution in [1.29, 1.82) is 0 Å². The lowest BCUT2D eigenvalue weighted by molar-refractivity contribution is -0.384. The fourth-order valence-corrected chi connectivity index (χ4v) is 1.78. The monoisotopic (exact) mass is 322 g/mol. The van der Waals surface area contributed by atoms with Crippen molar-refractivity contribution in [3.8, 4) is 11.3 Å². The second-order valence-corrected chi connectivity index (χ2v) is 4.60. The molecule has 0 aliphatic carbocycles. The molecule has 3 rings (SSSR count). The first-order valence-electron chi connectivity index (χ1n) is 5.60. The number of nitrogens with zero attached hydrogens (tertiary/aromatic N) is 6. The molecule has 0 spiro atoms. The van der Waals surface area contributed by atoms with Crippen LogP contribution in [0.3, 0.4) is 0 Å². The van der Waals surface area contributed by atoms with E-state index in [1.807, 2.05) is 0 Å². The number of non-ortho nitro benzene ring substituents is 1. The van der Waals surface area contributed by atoms with E-state index in [1.165, 1.54) is 22.4 Å². The van der Waals surface area contributed by atoms with Gasteiger partial charge in [0.1, 0.15) is 12.0 Å². The first-order chi connectivity index (χ1) is 10.1. The van der Waals surface area contributed by atoms with Gasteiger partial charge in [-0.15, -0.1) is 5.10 Å². The summed E-state index contributed by atoms with van der Waals surface area (Å²) in [5.74, 6) is 0. The molecule has 0 aliphatic heterocycles. The van der Waals surface area contributed by atoms with Crippen molar-refractivity contribution in [3.63, 3.8) is 0 Å². The maximum absolute atomic E-state index is 10.6. The summed E-state index contributed by atoms with van der Waals surface area (Å²) in [7, 11) is 0. The van der Waals surface area contributed by atoms with E-state index in [9.17, 15) is 10.1 Å². The van der Waals surface area contributed by atoms with Crippen molar-refractivity contribution in [2.45, 2.75) is 0 Å². The molecule has 1 aromatic carbocycles. The summed E-state index contributed by atoms with van der Waals surface area (Å²) in [4.78, 5) is 13.8. The van der Waals surface area contributed by atoms with Crippen LogP contribution in [0.5, 0.6) is 0 Å². The van der Waals surface area contributed by atoms with Crippen LogP contribution in [0, 0.1) is 10.1 Å². The molecule has 0 bridgehead atoms. The highest BCUT2D eigenvalue weighted by atomic mass is 32.1. The quantitative estimate of drug-likeness (QED) is 0.428. The van der Waals surface area contributed by atoms with Gasteiger partial charge >= 0.3 is 0 Å². The molecule has 10 heteroatoms. The Morgan fingerprint density at radius 3 is 2.57 bits per heavy atom. The van der Waals surface area contributed by atoms with Gasteiger partial charge in [0.05, 0.1) is 11.1 Å². The molecular formula is C11H10N6O2S2. The summed E-state index contributed by atoms with van der Waals surface area (Å²) in [5, 5.41) is 17.8. The lowest BCUT2D eigenvalue weighted by Crippen LogP contribution is -1.90. The van der Waals surface area contributed by atoms with Crippen LogP contribution in [0.1, 0.15) is 0 Å². The minimum Gasteiger partial charge on any atom is -0.283 e. The van der Waals surface area contributed by atoms with Crippen molar-refractivity contribution in [3.05, 3.63) is 59.3 Å². The van der Waals surface area contributed by atoms with Gasteiger partial charge in [-0.25, -0.2) is 4.98 Å². The highest BCUT2D eigenvalue weighted by molar-refractivity contribution is 7.78. The van der Waals surface area contributed by atoms with Crippen molar-refractivity contribution in [1.82, 2.24) is 23.4 Å². The molecule has 0 fully saturated rings. The molecule has 0 unspecified atom stereocenters. The molecule has 0 radical (unpaired) electrons. The molecule has 0 saturated carbocycles. The number of hydrogen-bond acceptors (Lipinski definition) is 7. The number of aromatic nitrogens is 5. The van der Waals surface area contributed by atoms with Gasteiger partial charge in [-0.05, 0) is 12.8 Å². The Morgan fingerprint density at radius 1 is 1.29 bits per heavy atom. The van der Waals surface area contributed by atoms with E-state index in [0.717, 1.165) is 0 Å². The van der Waals surface area contributed by atoms with Gasteiger partial charge in [-0.2, -0.15) is 4.09 Å². The Hall–Kier alpha value is -2.33. The SMILES string of the molecule is O=[N+]([O-])c1cccc(-c2cnnn2S)c1.Sn1ccnc1. The van der Waals surface area contributed by atoms with Gasteiger partial charge in [-0.1, -0.05) is 30.2 Å². The summed E-state index contributed by atoms with van der Waals surface area (Å²) in [6.07, 6.45) is 6.53. The summed E-state index contributed by atoms with van der Waals surface area (Å²) in [6.45, 7) is 0. The number of nitro groups is 1. The third kappa shape index (κ3) is 4.07. The van der Waals surface area contributed by atoms with Crippen molar-refractivity contribution in [2.24, 2.45) is 0 Å². The van der Waals surface area contributed by atoms with E-state index in [1.54, 1.807) is 34.8 Å². The van der Waals surface area contributed by atoms with E-state index in [0.29, 0.717) is 11.3 Å². The molecule has 8 nitrogen and oxygen atoms in total. The summed E-state index contributed by atoms with van der Waals surface area (Å²) in [6, 6.07) is 6.22. The Bertz CT molecular complexity index is 728. The number of nitro benzene ring substituents is 1. The van der Waals surface area contributed by atoms with Gasteiger partial charge in [0, 0.05) is 30.1 Å². The third-order valence-corrected chi connectivity index (χ3v) is 2.91. The Morgan fingerprint density at radius 2 is 2.10 bits per heavy atom. The number of rotatable bonds is 2. The fourth-order valence-electron chi connectivity index (χ4n) is 1.45. The van der Waals surface area contributed by atoms with Crippen LogP contribution in [0.25, 0.3) is 11.3 Å². The average Bonchev–Trinajstić information content (AvgIpc) is 3.11. The van der Waals surface area contributed by atoms with E-state index in [4.69, 9.17) is 0 Å². The molecule has 0 saturated heterocycles. The smallest absolute Gasteiger partial charge is 0.270 e. The van der Waals surface area contributed by atoms with Crippen molar-refractivity contribution >= 4 is 31.3 Å². The minimum absolute atomic E-state index is 0.0297. The van der Waals surface area contributed by atoms with Crippen LogP contribution >= 0.6 is 25.6 Å². The van der Waals surface area contributed by atoms with Gasteiger partial charge in [0.25, 0.3) is 5.69 Å². The standard InChI is InChI=1S/C8H6N4O2S.C3H4N2S/c13-12(14)7-3-1-2-6(4-7)8-5-9-10-11(8)15;6-5-2-1-4-3-5/h1-5,15H;1-3,6H. The molecule has 0 N–H and O–H groups in total. The molecule has 2 aromatic heterocycles.